The molecule has 11 heteroatoms. The van der Waals surface area contributed by atoms with E-state index in [0.717, 1.165) is 27.1 Å². The van der Waals surface area contributed by atoms with E-state index in [9.17, 15) is 19.5 Å². The van der Waals surface area contributed by atoms with Crippen LogP contribution in [0.25, 0.3) is 10.2 Å². The number of hydrogen-bond donors (Lipinski definition) is 3. The van der Waals surface area contributed by atoms with Gasteiger partial charge in [0.2, 0.25) is 5.43 Å². The molecule has 208 valence electrons. The zero-order valence-corrected chi connectivity index (χ0v) is 23.9. The van der Waals surface area contributed by atoms with Gasteiger partial charge in [0.15, 0.2) is 6.61 Å². The van der Waals surface area contributed by atoms with Crippen LogP contribution in [0.3, 0.4) is 0 Å². The first-order chi connectivity index (χ1) is 19.2. The van der Waals surface area contributed by atoms with Crippen molar-refractivity contribution in [2.45, 2.75) is 26.1 Å². The average Bonchev–Trinajstić information content (AvgIpc) is 3.26. The molecule has 0 radical (unpaired) electrons. The highest BCUT2D eigenvalue weighted by Gasteiger charge is 2.24. The summed E-state index contributed by atoms with van der Waals surface area (Å²) in [6.07, 6.45) is 1.58. The summed E-state index contributed by atoms with van der Waals surface area (Å²) in [4.78, 5) is 41.1. The van der Waals surface area contributed by atoms with Gasteiger partial charge >= 0.3 is 0 Å². The number of aliphatic hydroxyl groups excluding tert-OH is 1. The quantitative estimate of drug-likeness (QED) is 0.290. The number of aliphatic hydroxyl groups is 1. The van der Waals surface area contributed by atoms with Crippen LogP contribution in [0.15, 0.2) is 53.5 Å². The van der Waals surface area contributed by atoms with Crippen LogP contribution >= 0.6 is 22.9 Å². The lowest BCUT2D eigenvalue weighted by atomic mass is 10.0. The lowest BCUT2D eigenvalue weighted by Gasteiger charge is -2.28. The third kappa shape index (κ3) is 5.48. The number of aryl methyl sites for hydroxylation is 2. The number of nitrogens with zero attached hydrogens (tertiary/aromatic N) is 2. The fourth-order valence-electron chi connectivity index (χ4n) is 4.90. The minimum Gasteiger partial charge on any atom is -0.482 e. The highest BCUT2D eigenvalue weighted by atomic mass is 35.5. The van der Waals surface area contributed by atoms with Crippen molar-refractivity contribution < 1.29 is 19.4 Å². The first kappa shape index (κ1) is 27.9. The molecule has 3 N–H and O–H groups in total. The summed E-state index contributed by atoms with van der Waals surface area (Å²) in [7, 11) is 3.72. The van der Waals surface area contributed by atoms with Crippen LogP contribution in [0.5, 0.6) is 5.75 Å². The number of ether oxygens (including phenoxy) is 1. The molecule has 0 bridgehead atoms. The monoisotopic (exact) mass is 580 g/mol. The lowest BCUT2D eigenvalue weighted by Crippen LogP contribution is -2.29. The number of nitrogens with one attached hydrogen (secondary N) is 2. The van der Waals surface area contributed by atoms with E-state index in [1.54, 1.807) is 24.4 Å². The van der Waals surface area contributed by atoms with E-state index in [1.165, 1.54) is 11.3 Å². The summed E-state index contributed by atoms with van der Waals surface area (Å²) >= 11 is 7.29. The fourth-order valence-corrected chi connectivity index (χ4v) is 6.39. The molecule has 1 unspecified atom stereocenters. The maximum atomic E-state index is 13.4. The van der Waals surface area contributed by atoms with Gasteiger partial charge in [-0.25, -0.2) is 0 Å². The molecular formula is C29H29ClN4O5S. The van der Waals surface area contributed by atoms with Gasteiger partial charge in [-0.2, -0.15) is 0 Å². The number of amides is 2. The maximum absolute atomic E-state index is 13.4. The number of hydrogen-bond acceptors (Lipinski definition) is 7. The van der Waals surface area contributed by atoms with Crippen LogP contribution in [0.4, 0.5) is 5.69 Å². The van der Waals surface area contributed by atoms with Gasteiger partial charge in [0.05, 0.1) is 28.6 Å². The minimum absolute atomic E-state index is 0.0221. The molecule has 2 aromatic heterocycles. The molecule has 2 aromatic carbocycles. The van der Waals surface area contributed by atoms with Crippen LogP contribution in [-0.2, 0) is 24.9 Å². The molecule has 2 amide bonds. The van der Waals surface area contributed by atoms with E-state index in [1.807, 2.05) is 54.8 Å². The Labute approximate surface area is 239 Å². The molecule has 1 aliphatic rings. The third-order valence-electron chi connectivity index (χ3n) is 7.07. The number of thiophene rings is 1. The number of carbonyl (C=O) groups is 2. The van der Waals surface area contributed by atoms with Crippen LogP contribution in [0.2, 0.25) is 5.02 Å². The van der Waals surface area contributed by atoms with E-state index < -0.39 is 5.91 Å². The summed E-state index contributed by atoms with van der Waals surface area (Å²) in [5.74, 6) is -0.0729. The number of fused-ring (bicyclic) bond motifs is 2. The zero-order chi connectivity index (χ0) is 28.6. The van der Waals surface area contributed by atoms with Crippen LogP contribution in [0, 0.1) is 6.92 Å². The number of likely N-dealkylation sites (N-methyl/N-ethyl adjacent to an activating group) is 1. The number of pyridine rings is 1. The molecule has 0 saturated carbocycles. The fraction of sp³-hybridized carbons (Fsp3) is 0.276. The van der Waals surface area contributed by atoms with Crippen LogP contribution in [-0.4, -0.2) is 46.6 Å². The number of benzene rings is 2. The molecule has 1 aliphatic heterocycles. The average molecular weight is 581 g/mol. The van der Waals surface area contributed by atoms with Crippen molar-refractivity contribution in [1.29, 1.82) is 0 Å². The van der Waals surface area contributed by atoms with Crippen molar-refractivity contribution in [3.8, 4) is 5.75 Å². The van der Waals surface area contributed by atoms with Crippen LogP contribution in [0.1, 0.15) is 38.0 Å². The number of aromatic nitrogens is 1. The van der Waals surface area contributed by atoms with E-state index in [4.69, 9.17) is 16.3 Å². The van der Waals surface area contributed by atoms with E-state index in [-0.39, 0.29) is 42.7 Å². The highest BCUT2D eigenvalue weighted by molar-refractivity contribution is 7.19. The largest absolute Gasteiger partial charge is 0.482 e. The Morgan fingerprint density at radius 2 is 2.00 bits per heavy atom. The molecule has 0 saturated heterocycles. The Bertz CT molecular complexity index is 1660. The van der Waals surface area contributed by atoms with Crippen molar-refractivity contribution in [2.24, 2.45) is 7.05 Å². The van der Waals surface area contributed by atoms with Gasteiger partial charge in [-0.3, -0.25) is 19.3 Å². The Morgan fingerprint density at radius 3 is 2.73 bits per heavy atom. The lowest BCUT2D eigenvalue weighted by molar-refractivity contribution is -0.118. The van der Waals surface area contributed by atoms with E-state index >= 15 is 0 Å². The number of anilines is 1. The molecule has 0 spiro atoms. The molecule has 9 nitrogen and oxygen atoms in total. The molecule has 0 aliphatic carbocycles. The topological polar surface area (TPSA) is 113 Å². The number of carbonyl (C=O) groups excluding carboxylic acids is 2. The molecule has 4 aromatic rings. The molecule has 0 fully saturated rings. The Kier molecular flexibility index (Phi) is 7.95. The molecule has 3 heterocycles. The normalized spacial score (nSPS) is 13.6. The highest BCUT2D eigenvalue weighted by Crippen LogP contribution is 2.34. The Hall–Kier alpha value is -3.70. The van der Waals surface area contributed by atoms with E-state index in [0.29, 0.717) is 27.7 Å². The zero-order valence-electron chi connectivity index (χ0n) is 22.3. The van der Waals surface area contributed by atoms with Gasteiger partial charge in [-0.05, 0) is 54.9 Å². The SMILES string of the molecule is Cc1c(CN(C)C(CO)c2ccc3c(c2)NC(=O)CO3)sc2c(=O)c(C(=O)NCc3ccc(Cl)cc3)cn(C)c12. The first-order valence-electron chi connectivity index (χ1n) is 12.7. The molecular weight excluding hydrogens is 552 g/mol. The van der Waals surface area contributed by atoms with E-state index in [2.05, 4.69) is 10.6 Å². The van der Waals surface area contributed by atoms with Crippen molar-refractivity contribution in [2.75, 3.05) is 25.6 Å². The van der Waals surface area contributed by atoms with Gasteiger partial charge in [-0.1, -0.05) is 29.8 Å². The molecule has 1 atom stereocenters. The first-order valence-corrected chi connectivity index (χ1v) is 13.9. The second-order valence-electron chi connectivity index (χ2n) is 9.83. The summed E-state index contributed by atoms with van der Waals surface area (Å²) < 4.78 is 7.78. The third-order valence-corrected chi connectivity index (χ3v) is 8.59. The summed E-state index contributed by atoms with van der Waals surface area (Å²) in [5.41, 5.74) is 3.76. The second kappa shape index (κ2) is 11.4. The van der Waals surface area contributed by atoms with Gasteiger partial charge in [-0.15, -0.1) is 11.3 Å². The predicted molar refractivity (Wildman–Crippen MR) is 156 cm³/mol. The second-order valence-corrected chi connectivity index (χ2v) is 11.4. The molecule has 40 heavy (non-hydrogen) atoms. The summed E-state index contributed by atoms with van der Waals surface area (Å²) in [6.45, 7) is 2.53. The van der Waals surface area contributed by atoms with Crippen molar-refractivity contribution in [3.05, 3.63) is 91.0 Å². The minimum atomic E-state index is -0.439. The number of rotatable bonds is 8. The summed E-state index contributed by atoms with van der Waals surface area (Å²) in [5, 5.41) is 16.5. The van der Waals surface area contributed by atoms with Crippen molar-refractivity contribution >= 4 is 50.7 Å². The molecule has 5 rings (SSSR count). The Balaban J connectivity index is 1.38. The van der Waals surface area contributed by atoms with Crippen molar-refractivity contribution in [3.63, 3.8) is 0 Å². The van der Waals surface area contributed by atoms with Crippen molar-refractivity contribution in [1.82, 2.24) is 14.8 Å². The predicted octanol–water partition coefficient (Wildman–Crippen LogP) is 3.99. The maximum Gasteiger partial charge on any atom is 0.262 e. The van der Waals surface area contributed by atoms with Gasteiger partial charge in [0.1, 0.15) is 11.3 Å². The Morgan fingerprint density at radius 1 is 1.25 bits per heavy atom. The van der Waals surface area contributed by atoms with Crippen LogP contribution < -0.4 is 20.8 Å². The number of halogens is 1. The van der Waals surface area contributed by atoms with Gasteiger partial charge < -0.3 is 25.0 Å². The van der Waals surface area contributed by atoms with Gasteiger partial charge in [0, 0.05) is 36.2 Å². The smallest absolute Gasteiger partial charge is 0.262 e. The summed E-state index contributed by atoms with van der Waals surface area (Å²) in [6, 6.07) is 12.3. The standard InChI is InChI=1S/C29H29ClN4O5S/c1-16-24(13-33(2)22(14-35)18-6-9-23-21(10-18)32-25(36)15-39-23)40-28-26(16)34(3)12-20(27(28)37)29(38)31-11-17-4-7-19(30)8-5-17/h4-10,12,22,35H,11,13-15H2,1-3H3,(H,31,38)(H,32,36). The van der Waals surface area contributed by atoms with Gasteiger partial charge in [0.25, 0.3) is 11.8 Å².